The van der Waals surface area contributed by atoms with E-state index in [1.54, 1.807) is 12.1 Å². The molecule has 8 nitrogen and oxygen atoms in total. The zero-order chi connectivity index (χ0) is 24.3. The Morgan fingerprint density at radius 1 is 0.912 bits per heavy atom. The van der Waals surface area contributed by atoms with E-state index in [1.807, 2.05) is 30.3 Å². The molecule has 8 heteroatoms. The van der Waals surface area contributed by atoms with E-state index in [2.05, 4.69) is 15.5 Å². The zero-order valence-electron chi connectivity index (χ0n) is 20.3. The van der Waals surface area contributed by atoms with Crippen molar-refractivity contribution in [2.75, 3.05) is 46.3 Å². The van der Waals surface area contributed by atoms with Crippen molar-refractivity contribution in [3.63, 3.8) is 0 Å². The molecule has 0 spiro atoms. The molecule has 1 aliphatic heterocycles. The highest BCUT2D eigenvalue weighted by Gasteiger charge is 2.21. The first-order valence-electron chi connectivity index (χ1n) is 11.7. The summed E-state index contributed by atoms with van der Waals surface area (Å²) < 4.78 is 16.0. The van der Waals surface area contributed by atoms with Crippen molar-refractivity contribution in [3.05, 3.63) is 48.0 Å². The maximum Gasteiger partial charge on any atom is 0.225 e. The zero-order valence-corrected chi connectivity index (χ0v) is 20.3. The second-order valence-electron chi connectivity index (χ2n) is 8.38. The molecule has 0 aromatic heterocycles. The molecule has 0 radical (unpaired) electrons. The highest BCUT2D eigenvalue weighted by Crippen LogP contribution is 2.39. The van der Waals surface area contributed by atoms with E-state index in [0.717, 1.165) is 32.4 Å². The molecule has 1 aliphatic rings. The molecule has 0 unspecified atom stereocenters. The number of methoxy groups -OCH3 is 3. The summed E-state index contributed by atoms with van der Waals surface area (Å²) in [5.74, 6) is 1.49. The fraction of sp³-hybridized carbons (Fsp3) is 0.462. The molecular weight excluding hydrogens is 434 g/mol. The predicted octanol–water partition coefficient (Wildman–Crippen LogP) is 3.25. The number of hydrogen-bond donors (Lipinski definition) is 2. The second kappa shape index (κ2) is 12.8. The Morgan fingerprint density at radius 2 is 1.56 bits per heavy atom. The molecule has 0 saturated carbocycles. The van der Waals surface area contributed by atoms with Crippen molar-refractivity contribution in [3.8, 4) is 17.2 Å². The molecule has 0 aliphatic carbocycles. The summed E-state index contributed by atoms with van der Waals surface area (Å²) >= 11 is 0. The molecular formula is C26H35N3O5. The number of nitrogens with one attached hydrogen (secondary N) is 2. The highest BCUT2D eigenvalue weighted by atomic mass is 16.5. The molecule has 2 aromatic rings. The number of rotatable bonds is 11. The number of amides is 2. The van der Waals surface area contributed by atoms with Gasteiger partial charge in [0.1, 0.15) is 0 Å². The molecule has 0 atom stereocenters. The summed E-state index contributed by atoms with van der Waals surface area (Å²) in [6, 6.07) is 13.7. The first kappa shape index (κ1) is 25.4. The number of carbonyl (C=O) groups excluding carboxylic acids is 2. The Balaban J connectivity index is 1.38. The van der Waals surface area contributed by atoms with Crippen LogP contribution in [0.15, 0.2) is 42.5 Å². The van der Waals surface area contributed by atoms with Crippen LogP contribution >= 0.6 is 0 Å². The third kappa shape index (κ3) is 7.38. The van der Waals surface area contributed by atoms with E-state index in [4.69, 9.17) is 14.2 Å². The van der Waals surface area contributed by atoms with Crippen molar-refractivity contribution in [1.82, 2.24) is 10.2 Å². The third-order valence-electron chi connectivity index (χ3n) is 6.04. The van der Waals surface area contributed by atoms with Gasteiger partial charge < -0.3 is 29.7 Å². The van der Waals surface area contributed by atoms with E-state index >= 15 is 0 Å². The van der Waals surface area contributed by atoms with Crippen LogP contribution in [-0.2, 0) is 16.0 Å². The van der Waals surface area contributed by atoms with Crippen molar-refractivity contribution in [1.29, 1.82) is 0 Å². The SMILES string of the molecule is COc1cc(NC(=O)CCN2CCC(NC(=O)CCc3ccccc3)CC2)cc(OC)c1OC. The van der Waals surface area contributed by atoms with Crippen LogP contribution in [0.1, 0.15) is 31.2 Å². The lowest BCUT2D eigenvalue weighted by Crippen LogP contribution is -2.45. The van der Waals surface area contributed by atoms with E-state index in [1.165, 1.54) is 26.9 Å². The molecule has 2 amide bonds. The summed E-state index contributed by atoms with van der Waals surface area (Å²) in [6.45, 7) is 2.40. The van der Waals surface area contributed by atoms with Gasteiger partial charge in [-0.15, -0.1) is 0 Å². The Bertz CT molecular complexity index is 918. The lowest BCUT2D eigenvalue weighted by molar-refractivity contribution is -0.122. The van der Waals surface area contributed by atoms with Crippen LogP contribution in [-0.4, -0.2) is 63.7 Å². The van der Waals surface area contributed by atoms with Crippen LogP contribution in [0, 0.1) is 0 Å². The topological polar surface area (TPSA) is 89.1 Å². The molecule has 2 aromatic carbocycles. The van der Waals surface area contributed by atoms with Gasteiger partial charge in [0.05, 0.1) is 21.3 Å². The lowest BCUT2D eigenvalue weighted by atomic mass is 10.0. The number of ether oxygens (including phenoxy) is 3. The Hall–Kier alpha value is -3.26. The van der Waals surface area contributed by atoms with Crippen LogP contribution in [0.2, 0.25) is 0 Å². The largest absolute Gasteiger partial charge is 0.493 e. The Kier molecular flexibility index (Phi) is 9.58. The van der Waals surface area contributed by atoms with Crippen LogP contribution in [0.25, 0.3) is 0 Å². The summed E-state index contributed by atoms with van der Waals surface area (Å²) in [4.78, 5) is 27.0. The minimum Gasteiger partial charge on any atom is -0.493 e. The summed E-state index contributed by atoms with van der Waals surface area (Å²) in [5, 5.41) is 6.07. The van der Waals surface area contributed by atoms with Gasteiger partial charge in [0, 0.05) is 56.3 Å². The summed E-state index contributed by atoms with van der Waals surface area (Å²) in [6.07, 6.45) is 3.43. The number of aryl methyl sites for hydroxylation is 1. The third-order valence-corrected chi connectivity index (χ3v) is 6.04. The quantitative estimate of drug-likeness (QED) is 0.525. The number of anilines is 1. The first-order chi connectivity index (χ1) is 16.5. The molecule has 3 rings (SSSR count). The minimum absolute atomic E-state index is 0.0781. The summed E-state index contributed by atoms with van der Waals surface area (Å²) in [5.41, 5.74) is 1.77. The van der Waals surface area contributed by atoms with Crippen molar-refractivity contribution in [2.45, 2.75) is 38.1 Å². The van der Waals surface area contributed by atoms with Gasteiger partial charge in [0.15, 0.2) is 11.5 Å². The fourth-order valence-electron chi connectivity index (χ4n) is 4.14. The molecule has 1 fully saturated rings. The van der Waals surface area contributed by atoms with Crippen molar-refractivity contribution >= 4 is 17.5 Å². The standard InChI is InChI=1S/C26H35N3O5/c1-32-22-17-21(18-23(33-2)26(22)34-3)28-25(31)13-16-29-14-11-20(12-15-29)27-24(30)10-9-19-7-5-4-6-8-19/h4-8,17-18,20H,9-16H2,1-3H3,(H,27,30)(H,28,31). The molecule has 184 valence electrons. The van der Waals surface area contributed by atoms with Crippen LogP contribution in [0.5, 0.6) is 17.2 Å². The summed E-state index contributed by atoms with van der Waals surface area (Å²) in [7, 11) is 4.62. The number of piperidine rings is 1. The number of benzene rings is 2. The number of likely N-dealkylation sites (tertiary alicyclic amines) is 1. The van der Waals surface area contributed by atoms with E-state index in [0.29, 0.717) is 42.3 Å². The van der Waals surface area contributed by atoms with Gasteiger partial charge in [-0.05, 0) is 24.8 Å². The highest BCUT2D eigenvalue weighted by molar-refractivity contribution is 5.91. The smallest absolute Gasteiger partial charge is 0.225 e. The number of carbonyl (C=O) groups is 2. The van der Waals surface area contributed by atoms with E-state index in [-0.39, 0.29) is 17.9 Å². The minimum atomic E-state index is -0.0781. The Labute approximate surface area is 201 Å². The Morgan fingerprint density at radius 3 is 2.15 bits per heavy atom. The normalized spacial score (nSPS) is 14.3. The lowest BCUT2D eigenvalue weighted by Gasteiger charge is -2.32. The maximum atomic E-state index is 12.5. The molecule has 34 heavy (non-hydrogen) atoms. The van der Waals surface area contributed by atoms with Gasteiger partial charge in [0.2, 0.25) is 17.6 Å². The van der Waals surface area contributed by atoms with E-state index < -0.39 is 0 Å². The average Bonchev–Trinajstić information content (AvgIpc) is 2.87. The monoisotopic (exact) mass is 469 g/mol. The second-order valence-corrected chi connectivity index (χ2v) is 8.38. The molecule has 2 N–H and O–H groups in total. The van der Waals surface area contributed by atoms with Gasteiger partial charge in [-0.25, -0.2) is 0 Å². The fourth-order valence-corrected chi connectivity index (χ4v) is 4.14. The van der Waals surface area contributed by atoms with Crippen molar-refractivity contribution in [2.24, 2.45) is 0 Å². The van der Waals surface area contributed by atoms with Crippen LogP contribution in [0.4, 0.5) is 5.69 Å². The number of nitrogens with zero attached hydrogens (tertiary/aromatic N) is 1. The number of hydrogen-bond acceptors (Lipinski definition) is 6. The predicted molar refractivity (Wildman–Crippen MR) is 132 cm³/mol. The van der Waals surface area contributed by atoms with Gasteiger partial charge >= 0.3 is 0 Å². The van der Waals surface area contributed by atoms with Crippen LogP contribution < -0.4 is 24.8 Å². The van der Waals surface area contributed by atoms with Crippen LogP contribution in [0.3, 0.4) is 0 Å². The van der Waals surface area contributed by atoms with E-state index in [9.17, 15) is 9.59 Å². The van der Waals surface area contributed by atoms with Crippen molar-refractivity contribution < 1.29 is 23.8 Å². The maximum absolute atomic E-state index is 12.5. The van der Waals surface area contributed by atoms with Gasteiger partial charge in [0.25, 0.3) is 0 Å². The molecule has 1 heterocycles. The average molecular weight is 470 g/mol. The first-order valence-corrected chi connectivity index (χ1v) is 11.7. The van der Waals surface area contributed by atoms with Gasteiger partial charge in [-0.2, -0.15) is 0 Å². The van der Waals surface area contributed by atoms with Gasteiger partial charge in [-0.1, -0.05) is 30.3 Å². The van der Waals surface area contributed by atoms with Gasteiger partial charge in [-0.3, -0.25) is 9.59 Å². The molecule has 0 bridgehead atoms. The molecule has 1 saturated heterocycles.